The summed E-state index contributed by atoms with van der Waals surface area (Å²) in [6.07, 6.45) is 5.17. The van der Waals surface area contributed by atoms with Gasteiger partial charge in [0.15, 0.2) is 5.65 Å². The number of aromatic nitrogens is 3. The lowest BCUT2D eigenvalue weighted by Crippen LogP contribution is -2.25. The normalized spacial score (nSPS) is 11.9. The van der Waals surface area contributed by atoms with E-state index in [-0.39, 0.29) is 0 Å². The van der Waals surface area contributed by atoms with Crippen LogP contribution >= 0.6 is 0 Å². The van der Waals surface area contributed by atoms with Crippen molar-refractivity contribution in [2.75, 3.05) is 6.54 Å². The van der Waals surface area contributed by atoms with Crippen molar-refractivity contribution in [2.24, 2.45) is 0 Å². The van der Waals surface area contributed by atoms with E-state index >= 15 is 0 Å². The third-order valence-corrected chi connectivity index (χ3v) is 5.23. The molecule has 0 unspecified atom stereocenters. The molecule has 24 heavy (non-hydrogen) atoms. The van der Waals surface area contributed by atoms with E-state index in [0.29, 0.717) is 17.9 Å². The van der Waals surface area contributed by atoms with Crippen molar-refractivity contribution in [1.82, 2.24) is 19.3 Å². The van der Waals surface area contributed by atoms with Crippen LogP contribution in [-0.2, 0) is 16.4 Å². The molecular weight excluding hydrogens is 324 g/mol. The molecule has 0 aliphatic heterocycles. The van der Waals surface area contributed by atoms with Gasteiger partial charge in [0.05, 0.1) is 10.6 Å². The van der Waals surface area contributed by atoms with Crippen LogP contribution in [-0.4, -0.2) is 29.6 Å². The van der Waals surface area contributed by atoms with Gasteiger partial charge in [-0.25, -0.2) is 22.6 Å². The third-order valence-electron chi connectivity index (χ3n) is 3.75. The molecular formula is C17H20N4O2S. The number of sulfonamides is 1. The van der Waals surface area contributed by atoms with Gasteiger partial charge in [-0.15, -0.1) is 0 Å². The maximum Gasteiger partial charge on any atom is 0.240 e. The van der Waals surface area contributed by atoms with Gasteiger partial charge in [-0.05, 0) is 44.4 Å². The molecule has 7 heteroatoms. The van der Waals surface area contributed by atoms with E-state index < -0.39 is 10.0 Å². The minimum Gasteiger partial charge on any atom is -0.237 e. The van der Waals surface area contributed by atoms with Crippen LogP contribution in [0.5, 0.6) is 0 Å². The van der Waals surface area contributed by atoms with Crippen molar-refractivity contribution in [3.8, 4) is 0 Å². The minimum atomic E-state index is -3.45. The highest BCUT2D eigenvalue weighted by atomic mass is 32.2. The SMILES string of the molecule is Cc1ccc(S(=O)(=O)NCCCc2cnc3cc(C)nn3c2)cc1. The quantitative estimate of drug-likeness (QED) is 0.696. The van der Waals surface area contributed by atoms with E-state index in [0.717, 1.165) is 28.9 Å². The average molecular weight is 344 g/mol. The van der Waals surface area contributed by atoms with Gasteiger partial charge >= 0.3 is 0 Å². The zero-order valence-corrected chi connectivity index (χ0v) is 14.5. The summed E-state index contributed by atoms with van der Waals surface area (Å²) in [6, 6.07) is 8.74. The maximum atomic E-state index is 12.2. The van der Waals surface area contributed by atoms with Gasteiger partial charge in [0.25, 0.3) is 0 Å². The lowest BCUT2D eigenvalue weighted by atomic mass is 10.2. The minimum absolute atomic E-state index is 0.295. The predicted molar refractivity (Wildman–Crippen MR) is 92.4 cm³/mol. The Morgan fingerprint density at radius 2 is 1.92 bits per heavy atom. The molecule has 0 aliphatic carbocycles. The van der Waals surface area contributed by atoms with Gasteiger partial charge in [0.2, 0.25) is 10.0 Å². The van der Waals surface area contributed by atoms with E-state index in [1.165, 1.54) is 0 Å². The number of hydrogen-bond donors (Lipinski definition) is 1. The molecule has 1 N–H and O–H groups in total. The standard InChI is InChI=1S/C17H20N4O2S/c1-13-5-7-16(8-6-13)24(22,23)19-9-3-4-15-11-18-17-10-14(2)20-21(17)12-15/h5-8,10-12,19H,3-4,9H2,1-2H3. The summed E-state index contributed by atoms with van der Waals surface area (Å²) in [5.74, 6) is 0. The second-order valence-electron chi connectivity index (χ2n) is 5.87. The summed E-state index contributed by atoms with van der Waals surface area (Å²) in [5.41, 5.74) is 3.80. The molecule has 1 aromatic carbocycles. The van der Waals surface area contributed by atoms with Gasteiger partial charge in [0, 0.05) is 25.0 Å². The van der Waals surface area contributed by atoms with Gasteiger partial charge in [-0.2, -0.15) is 5.10 Å². The molecule has 126 valence electrons. The fraction of sp³-hybridized carbons (Fsp3) is 0.294. The van der Waals surface area contributed by atoms with Gasteiger partial charge in [0.1, 0.15) is 0 Å². The molecule has 0 radical (unpaired) electrons. The topological polar surface area (TPSA) is 76.4 Å². The highest BCUT2D eigenvalue weighted by molar-refractivity contribution is 7.89. The summed E-state index contributed by atoms with van der Waals surface area (Å²) in [7, 11) is -3.45. The summed E-state index contributed by atoms with van der Waals surface area (Å²) in [4.78, 5) is 4.64. The Kier molecular flexibility index (Phi) is 4.64. The van der Waals surface area contributed by atoms with Crippen molar-refractivity contribution in [3.63, 3.8) is 0 Å². The molecule has 0 spiro atoms. The van der Waals surface area contributed by atoms with Crippen LogP contribution < -0.4 is 4.72 Å². The Hall–Kier alpha value is -2.25. The Morgan fingerprint density at radius 1 is 1.17 bits per heavy atom. The molecule has 2 aromatic heterocycles. The van der Waals surface area contributed by atoms with E-state index in [9.17, 15) is 8.42 Å². The summed E-state index contributed by atoms with van der Waals surface area (Å²) >= 11 is 0. The number of nitrogens with one attached hydrogen (secondary N) is 1. The van der Waals surface area contributed by atoms with Crippen LogP contribution in [0.1, 0.15) is 23.2 Å². The zero-order valence-electron chi connectivity index (χ0n) is 13.7. The van der Waals surface area contributed by atoms with Crippen LogP contribution in [0.15, 0.2) is 47.6 Å². The molecule has 2 heterocycles. The molecule has 0 bridgehead atoms. The van der Waals surface area contributed by atoms with Crippen LogP contribution in [0.25, 0.3) is 5.65 Å². The Balaban J connectivity index is 1.56. The Morgan fingerprint density at radius 3 is 2.67 bits per heavy atom. The first-order valence-electron chi connectivity index (χ1n) is 7.81. The fourth-order valence-corrected chi connectivity index (χ4v) is 3.54. The molecule has 0 atom stereocenters. The molecule has 0 amide bonds. The van der Waals surface area contributed by atoms with E-state index in [2.05, 4.69) is 14.8 Å². The second-order valence-corrected chi connectivity index (χ2v) is 7.63. The molecule has 6 nitrogen and oxygen atoms in total. The highest BCUT2D eigenvalue weighted by Gasteiger charge is 2.12. The first kappa shape index (κ1) is 16.6. The number of fused-ring (bicyclic) bond motifs is 1. The van der Waals surface area contributed by atoms with Crippen molar-refractivity contribution < 1.29 is 8.42 Å². The van der Waals surface area contributed by atoms with Crippen molar-refractivity contribution >= 4 is 15.7 Å². The molecule has 0 saturated heterocycles. The predicted octanol–water partition coefficient (Wildman–Crippen LogP) is 2.26. The smallest absolute Gasteiger partial charge is 0.237 e. The number of hydrogen-bond acceptors (Lipinski definition) is 4. The van der Waals surface area contributed by atoms with E-state index in [4.69, 9.17) is 0 Å². The lowest BCUT2D eigenvalue weighted by molar-refractivity contribution is 0.579. The van der Waals surface area contributed by atoms with Crippen molar-refractivity contribution in [2.45, 2.75) is 31.6 Å². The largest absolute Gasteiger partial charge is 0.240 e. The number of aryl methyl sites for hydroxylation is 3. The Labute approximate surface area is 141 Å². The molecule has 3 aromatic rings. The monoisotopic (exact) mass is 344 g/mol. The van der Waals surface area contributed by atoms with Gasteiger partial charge in [-0.3, -0.25) is 0 Å². The van der Waals surface area contributed by atoms with Gasteiger partial charge in [-0.1, -0.05) is 17.7 Å². The summed E-state index contributed by atoms with van der Waals surface area (Å²) in [6.45, 7) is 4.23. The molecule has 0 saturated carbocycles. The molecule has 0 aliphatic rings. The highest BCUT2D eigenvalue weighted by Crippen LogP contribution is 2.10. The van der Waals surface area contributed by atoms with E-state index in [1.807, 2.05) is 32.3 Å². The zero-order chi connectivity index (χ0) is 17.2. The van der Waals surface area contributed by atoms with Crippen LogP contribution in [0.2, 0.25) is 0 Å². The van der Waals surface area contributed by atoms with Crippen LogP contribution in [0.4, 0.5) is 0 Å². The van der Waals surface area contributed by atoms with Crippen molar-refractivity contribution in [1.29, 1.82) is 0 Å². The first-order chi connectivity index (χ1) is 11.4. The van der Waals surface area contributed by atoms with Gasteiger partial charge < -0.3 is 0 Å². The van der Waals surface area contributed by atoms with Crippen LogP contribution in [0.3, 0.4) is 0 Å². The number of nitrogens with zero attached hydrogens (tertiary/aromatic N) is 3. The number of benzene rings is 1. The second kappa shape index (κ2) is 6.70. The van der Waals surface area contributed by atoms with E-state index in [1.54, 1.807) is 28.8 Å². The van der Waals surface area contributed by atoms with Crippen molar-refractivity contribution in [3.05, 3.63) is 59.5 Å². The third kappa shape index (κ3) is 3.80. The van der Waals surface area contributed by atoms with Crippen LogP contribution in [0, 0.1) is 13.8 Å². The first-order valence-corrected chi connectivity index (χ1v) is 9.30. The molecule has 0 fully saturated rings. The average Bonchev–Trinajstić information content (AvgIpc) is 2.91. The number of rotatable bonds is 6. The Bertz CT molecular complexity index is 946. The fourth-order valence-electron chi connectivity index (χ4n) is 2.46. The lowest BCUT2D eigenvalue weighted by Gasteiger charge is -2.07. The maximum absolute atomic E-state index is 12.2. The summed E-state index contributed by atoms with van der Waals surface area (Å²) in [5, 5.41) is 4.33. The summed E-state index contributed by atoms with van der Waals surface area (Å²) < 4.78 is 28.8. The molecule has 3 rings (SSSR count).